The first-order valence-electron chi connectivity index (χ1n) is 7.13. The van der Waals surface area contributed by atoms with Crippen molar-refractivity contribution in [3.8, 4) is 6.07 Å². The van der Waals surface area contributed by atoms with Crippen LogP contribution in [0.3, 0.4) is 0 Å². The van der Waals surface area contributed by atoms with Crippen LogP contribution in [0.1, 0.15) is 42.5 Å². The maximum absolute atomic E-state index is 11.3. The molecule has 0 spiro atoms. The smallest absolute Gasteiger partial charge is 0.326 e. The molecule has 1 saturated heterocycles. The van der Waals surface area contributed by atoms with Crippen LogP contribution >= 0.6 is 0 Å². The average Bonchev–Trinajstić information content (AvgIpc) is 2.95. The van der Waals surface area contributed by atoms with Gasteiger partial charge in [0, 0.05) is 12.2 Å². The van der Waals surface area contributed by atoms with E-state index in [0.717, 1.165) is 43.4 Å². The molecule has 104 valence electrons. The Labute approximate surface area is 117 Å². The van der Waals surface area contributed by atoms with E-state index in [9.17, 15) is 15.2 Å². The first-order chi connectivity index (χ1) is 9.70. The van der Waals surface area contributed by atoms with Gasteiger partial charge in [-0.25, -0.2) is 9.78 Å². The summed E-state index contributed by atoms with van der Waals surface area (Å²) in [5.74, 6) is -0.260. The van der Waals surface area contributed by atoms with Crippen molar-refractivity contribution in [2.75, 3.05) is 11.4 Å². The average molecular weight is 271 g/mol. The highest BCUT2D eigenvalue weighted by Crippen LogP contribution is 2.30. The minimum absolute atomic E-state index is 0.513. The van der Waals surface area contributed by atoms with Crippen molar-refractivity contribution in [2.45, 2.75) is 44.6 Å². The molecule has 1 aromatic rings. The first kappa shape index (κ1) is 12.9. The van der Waals surface area contributed by atoms with Crippen LogP contribution in [0.2, 0.25) is 0 Å². The lowest BCUT2D eigenvalue weighted by Crippen LogP contribution is -2.37. The number of nitriles is 1. The van der Waals surface area contributed by atoms with Crippen LogP contribution in [0.25, 0.3) is 0 Å². The fraction of sp³-hybridized carbons (Fsp3) is 0.533. The quantitative estimate of drug-likeness (QED) is 0.888. The van der Waals surface area contributed by atoms with E-state index in [1.165, 1.54) is 0 Å². The highest BCUT2D eigenvalue weighted by atomic mass is 16.4. The molecule has 0 radical (unpaired) electrons. The van der Waals surface area contributed by atoms with Gasteiger partial charge in [-0.15, -0.1) is 0 Å². The third kappa shape index (κ3) is 2.11. The van der Waals surface area contributed by atoms with Crippen LogP contribution in [0.5, 0.6) is 0 Å². The fourth-order valence-electron chi connectivity index (χ4n) is 3.20. The van der Waals surface area contributed by atoms with Gasteiger partial charge in [-0.05, 0) is 50.2 Å². The van der Waals surface area contributed by atoms with Gasteiger partial charge in [0.05, 0.1) is 5.56 Å². The van der Waals surface area contributed by atoms with Crippen molar-refractivity contribution in [1.82, 2.24) is 4.98 Å². The molecule has 2 heterocycles. The van der Waals surface area contributed by atoms with Gasteiger partial charge >= 0.3 is 5.97 Å². The topological polar surface area (TPSA) is 77.2 Å². The number of pyridine rings is 1. The Morgan fingerprint density at radius 2 is 2.20 bits per heavy atom. The maximum atomic E-state index is 11.3. The summed E-state index contributed by atoms with van der Waals surface area (Å²) in [6.07, 6.45) is 5.62. The normalized spacial score (nSPS) is 21.4. The number of aliphatic carboxylic acids is 1. The van der Waals surface area contributed by atoms with Crippen molar-refractivity contribution < 1.29 is 9.90 Å². The lowest BCUT2D eigenvalue weighted by Gasteiger charge is -2.25. The monoisotopic (exact) mass is 271 g/mol. The highest BCUT2D eigenvalue weighted by molar-refractivity contribution is 5.79. The molecule has 20 heavy (non-hydrogen) atoms. The SMILES string of the molecule is N#Cc1cc2c(nc1N1CCCC1C(=O)O)CCCC2. The second-order valence-electron chi connectivity index (χ2n) is 5.47. The molecule has 0 amide bonds. The van der Waals surface area contributed by atoms with Crippen LogP contribution in [-0.4, -0.2) is 28.6 Å². The predicted molar refractivity (Wildman–Crippen MR) is 73.6 cm³/mol. The molecule has 1 aliphatic heterocycles. The lowest BCUT2D eigenvalue weighted by molar-refractivity contribution is -0.138. The molecule has 1 aromatic heterocycles. The molecular weight excluding hydrogens is 254 g/mol. The molecule has 1 unspecified atom stereocenters. The summed E-state index contributed by atoms with van der Waals surface area (Å²) in [6, 6.07) is 3.55. The third-order valence-corrected chi connectivity index (χ3v) is 4.21. The van der Waals surface area contributed by atoms with Crippen LogP contribution in [0.15, 0.2) is 6.07 Å². The van der Waals surface area contributed by atoms with Crippen LogP contribution in [-0.2, 0) is 17.6 Å². The molecule has 2 aliphatic rings. The number of fused-ring (bicyclic) bond motifs is 1. The van der Waals surface area contributed by atoms with Crippen LogP contribution in [0.4, 0.5) is 5.82 Å². The Morgan fingerprint density at radius 3 is 2.95 bits per heavy atom. The van der Waals surface area contributed by atoms with Crippen molar-refractivity contribution in [2.24, 2.45) is 0 Å². The second kappa shape index (κ2) is 5.12. The van der Waals surface area contributed by atoms with E-state index in [0.29, 0.717) is 24.3 Å². The number of rotatable bonds is 2. The molecule has 1 N–H and O–H groups in total. The lowest BCUT2D eigenvalue weighted by atomic mass is 9.95. The summed E-state index contributed by atoms with van der Waals surface area (Å²) in [5.41, 5.74) is 2.71. The van der Waals surface area contributed by atoms with Gasteiger partial charge in [-0.2, -0.15) is 5.26 Å². The van der Waals surface area contributed by atoms with Gasteiger partial charge in [0.25, 0.3) is 0 Å². The Balaban J connectivity index is 2.04. The van der Waals surface area contributed by atoms with E-state index in [-0.39, 0.29) is 0 Å². The molecule has 3 rings (SSSR count). The van der Waals surface area contributed by atoms with Crippen molar-refractivity contribution in [1.29, 1.82) is 5.26 Å². The molecule has 0 aromatic carbocycles. The predicted octanol–water partition coefficient (Wildman–Crippen LogP) is 1.89. The van der Waals surface area contributed by atoms with E-state index in [1.54, 1.807) is 4.90 Å². The largest absolute Gasteiger partial charge is 0.480 e. The molecule has 1 atom stereocenters. The molecule has 5 nitrogen and oxygen atoms in total. The minimum Gasteiger partial charge on any atom is -0.480 e. The minimum atomic E-state index is -0.828. The van der Waals surface area contributed by atoms with Gasteiger partial charge in [-0.3, -0.25) is 0 Å². The van der Waals surface area contributed by atoms with Gasteiger partial charge < -0.3 is 10.0 Å². The molecule has 5 heteroatoms. The van der Waals surface area contributed by atoms with Gasteiger partial charge in [0.15, 0.2) is 0 Å². The van der Waals surface area contributed by atoms with Gasteiger partial charge in [0.1, 0.15) is 17.9 Å². The maximum Gasteiger partial charge on any atom is 0.326 e. The van der Waals surface area contributed by atoms with Crippen LogP contribution in [0, 0.1) is 11.3 Å². The van der Waals surface area contributed by atoms with Crippen molar-refractivity contribution in [3.63, 3.8) is 0 Å². The van der Waals surface area contributed by atoms with Crippen molar-refractivity contribution in [3.05, 3.63) is 22.9 Å². The van der Waals surface area contributed by atoms with E-state index in [2.05, 4.69) is 11.1 Å². The number of carbonyl (C=O) groups is 1. The number of carboxylic acid groups (broad SMARTS) is 1. The van der Waals surface area contributed by atoms with E-state index >= 15 is 0 Å². The Hall–Kier alpha value is -2.09. The number of nitrogens with zero attached hydrogens (tertiary/aromatic N) is 3. The molecule has 1 fully saturated rings. The highest BCUT2D eigenvalue weighted by Gasteiger charge is 2.33. The van der Waals surface area contributed by atoms with Crippen LogP contribution < -0.4 is 4.90 Å². The Bertz CT molecular complexity index is 592. The number of aromatic nitrogens is 1. The van der Waals surface area contributed by atoms with E-state index in [4.69, 9.17) is 0 Å². The van der Waals surface area contributed by atoms with E-state index < -0.39 is 12.0 Å². The summed E-state index contributed by atoms with van der Waals surface area (Å²) >= 11 is 0. The molecule has 1 aliphatic carbocycles. The summed E-state index contributed by atoms with van der Waals surface area (Å²) in [6.45, 7) is 0.664. The summed E-state index contributed by atoms with van der Waals surface area (Å²) < 4.78 is 0. The summed E-state index contributed by atoms with van der Waals surface area (Å²) in [5, 5.41) is 18.6. The number of hydrogen-bond donors (Lipinski definition) is 1. The number of anilines is 1. The molecular formula is C15H17N3O2. The first-order valence-corrected chi connectivity index (χ1v) is 7.13. The fourth-order valence-corrected chi connectivity index (χ4v) is 3.20. The van der Waals surface area contributed by atoms with Gasteiger partial charge in [0.2, 0.25) is 0 Å². The zero-order valence-electron chi connectivity index (χ0n) is 11.3. The summed E-state index contributed by atoms with van der Waals surface area (Å²) in [7, 11) is 0. The number of carboxylic acids is 1. The van der Waals surface area contributed by atoms with Crippen molar-refractivity contribution >= 4 is 11.8 Å². The van der Waals surface area contributed by atoms with Gasteiger partial charge in [-0.1, -0.05) is 0 Å². The summed E-state index contributed by atoms with van der Waals surface area (Å²) in [4.78, 5) is 17.7. The zero-order chi connectivity index (χ0) is 14.1. The Morgan fingerprint density at radius 1 is 1.40 bits per heavy atom. The molecule has 0 bridgehead atoms. The standard InChI is InChI=1S/C15H17N3O2/c16-9-11-8-10-4-1-2-5-12(10)17-14(11)18-7-3-6-13(18)15(19)20/h8,13H,1-7H2,(H,19,20). The van der Waals surface area contributed by atoms with E-state index in [1.807, 2.05) is 6.07 Å². The number of hydrogen-bond acceptors (Lipinski definition) is 4. The molecule has 0 saturated carbocycles. The second-order valence-corrected chi connectivity index (χ2v) is 5.47. The number of aryl methyl sites for hydroxylation is 2. The zero-order valence-corrected chi connectivity index (χ0v) is 11.3. The Kier molecular flexibility index (Phi) is 3.31. The third-order valence-electron chi connectivity index (χ3n) is 4.21.